The van der Waals surface area contributed by atoms with Crippen molar-refractivity contribution in [3.63, 3.8) is 0 Å². The van der Waals surface area contributed by atoms with E-state index in [1.807, 2.05) is 0 Å². The smallest absolute Gasteiger partial charge is 0.209 e. The standard InChI is InChI=1S/C18H10Cl3FN2O/c19-13-4-1-12(15(20)8-13)7-16(24-9-17(21)23-10-24)18(25)11-2-5-14(22)6-3-11/h1-10H/b16-7-. The minimum Gasteiger partial charge on any atom is -0.301 e. The Hall–Kier alpha value is -2.14. The first kappa shape index (κ1) is 17.7. The summed E-state index contributed by atoms with van der Waals surface area (Å²) >= 11 is 18.0. The van der Waals surface area contributed by atoms with E-state index in [-0.39, 0.29) is 16.6 Å². The van der Waals surface area contributed by atoms with Gasteiger partial charge in [-0.3, -0.25) is 4.79 Å². The van der Waals surface area contributed by atoms with Crippen molar-refractivity contribution >= 4 is 52.4 Å². The van der Waals surface area contributed by atoms with Gasteiger partial charge in [0.2, 0.25) is 5.78 Å². The van der Waals surface area contributed by atoms with Gasteiger partial charge in [0.25, 0.3) is 0 Å². The van der Waals surface area contributed by atoms with Crippen molar-refractivity contribution in [2.45, 2.75) is 0 Å². The lowest BCUT2D eigenvalue weighted by molar-refractivity contribution is 0.105. The third-order valence-corrected chi connectivity index (χ3v) is 4.18. The zero-order chi connectivity index (χ0) is 18.0. The molecule has 1 heterocycles. The lowest BCUT2D eigenvalue weighted by atomic mass is 10.1. The van der Waals surface area contributed by atoms with E-state index in [0.717, 1.165) is 0 Å². The van der Waals surface area contributed by atoms with Crippen LogP contribution in [-0.4, -0.2) is 15.3 Å². The molecule has 3 rings (SSSR count). The molecule has 0 saturated carbocycles. The summed E-state index contributed by atoms with van der Waals surface area (Å²) in [4.78, 5) is 16.8. The number of imidazole rings is 1. The molecule has 0 aliphatic rings. The maximum absolute atomic E-state index is 13.1. The van der Waals surface area contributed by atoms with E-state index in [4.69, 9.17) is 34.8 Å². The Balaban J connectivity index is 2.11. The molecule has 126 valence electrons. The molecule has 7 heteroatoms. The molecule has 3 nitrogen and oxygen atoms in total. The molecule has 3 aromatic rings. The lowest BCUT2D eigenvalue weighted by Crippen LogP contribution is -2.08. The van der Waals surface area contributed by atoms with Crippen LogP contribution in [0.2, 0.25) is 15.2 Å². The Morgan fingerprint density at radius 3 is 2.40 bits per heavy atom. The molecule has 1 aromatic heterocycles. The number of carbonyl (C=O) groups excluding carboxylic acids is 1. The van der Waals surface area contributed by atoms with Crippen molar-refractivity contribution in [3.8, 4) is 0 Å². The Kier molecular flexibility index (Phi) is 5.23. The fourth-order valence-corrected chi connectivity index (χ4v) is 2.81. The second kappa shape index (κ2) is 7.40. The van der Waals surface area contributed by atoms with Crippen LogP contribution in [0.3, 0.4) is 0 Å². The van der Waals surface area contributed by atoms with E-state index in [0.29, 0.717) is 21.2 Å². The molecule has 0 atom stereocenters. The monoisotopic (exact) mass is 394 g/mol. The summed E-state index contributed by atoms with van der Waals surface area (Å²) in [6.07, 6.45) is 4.51. The van der Waals surface area contributed by atoms with Crippen molar-refractivity contribution in [3.05, 3.63) is 87.1 Å². The predicted octanol–water partition coefficient (Wildman–Crippen LogP) is 5.86. The van der Waals surface area contributed by atoms with Crippen LogP contribution in [0.4, 0.5) is 4.39 Å². The summed E-state index contributed by atoms with van der Waals surface area (Å²) in [6.45, 7) is 0. The number of hydrogen-bond donors (Lipinski definition) is 0. The SMILES string of the molecule is O=C(/C(=C/c1ccc(Cl)cc1Cl)n1cnc(Cl)c1)c1ccc(F)cc1. The fourth-order valence-electron chi connectivity index (χ4n) is 2.20. The molecule has 0 bridgehead atoms. The van der Waals surface area contributed by atoms with E-state index >= 15 is 0 Å². The van der Waals surface area contributed by atoms with Crippen molar-refractivity contribution in [1.29, 1.82) is 0 Å². The predicted molar refractivity (Wildman–Crippen MR) is 98.6 cm³/mol. The zero-order valence-electron chi connectivity index (χ0n) is 12.6. The Labute approximate surface area is 158 Å². The number of benzene rings is 2. The van der Waals surface area contributed by atoms with Gasteiger partial charge in [0.15, 0.2) is 0 Å². The first-order valence-electron chi connectivity index (χ1n) is 7.11. The van der Waals surface area contributed by atoms with Gasteiger partial charge in [0.05, 0.1) is 5.70 Å². The molecule has 0 N–H and O–H groups in total. The summed E-state index contributed by atoms with van der Waals surface area (Å²) in [5.74, 6) is -0.756. The normalized spacial score (nSPS) is 11.6. The van der Waals surface area contributed by atoms with Crippen LogP contribution in [-0.2, 0) is 0 Å². The van der Waals surface area contributed by atoms with Gasteiger partial charge in [-0.05, 0) is 48.0 Å². The zero-order valence-corrected chi connectivity index (χ0v) is 14.9. The molecule has 0 aliphatic carbocycles. The maximum atomic E-state index is 13.1. The molecule has 2 aromatic carbocycles. The number of aromatic nitrogens is 2. The summed E-state index contributed by atoms with van der Waals surface area (Å²) in [7, 11) is 0. The average Bonchev–Trinajstić information content (AvgIpc) is 3.00. The van der Waals surface area contributed by atoms with E-state index in [2.05, 4.69) is 4.98 Å². The number of allylic oxidation sites excluding steroid dienone is 1. The van der Waals surface area contributed by atoms with Gasteiger partial charge in [0.1, 0.15) is 17.3 Å². The van der Waals surface area contributed by atoms with E-state index < -0.39 is 5.82 Å². The van der Waals surface area contributed by atoms with Gasteiger partial charge < -0.3 is 4.57 Å². The Morgan fingerprint density at radius 1 is 1.08 bits per heavy atom. The number of nitrogens with zero attached hydrogens (tertiary/aromatic N) is 2. The first-order chi connectivity index (χ1) is 11.9. The second-order valence-electron chi connectivity index (χ2n) is 5.14. The first-order valence-corrected chi connectivity index (χ1v) is 8.24. The van der Waals surface area contributed by atoms with E-state index in [9.17, 15) is 9.18 Å². The maximum Gasteiger partial charge on any atom is 0.209 e. The van der Waals surface area contributed by atoms with Crippen LogP contribution in [0.1, 0.15) is 15.9 Å². The minimum atomic E-state index is -0.423. The largest absolute Gasteiger partial charge is 0.301 e. The summed E-state index contributed by atoms with van der Waals surface area (Å²) < 4.78 is 14.6. The third-order valence-electron chi connectivity index (χ3n) is 3.42. The number of halogens is 4. The minimum absolute atomic E-state index is 0.236. The molecule has 0 saturated heterocycles. The van der Waals surface area contributed by atoms with Gasteiger partial charge in [-0.1, -0.05) is 40.9 Å². The van der Waals surface area contributed by atoms with Gasteiger partial charge in [0, 0.05) is 21.8 Å². The number of rotatable bonds is 4. The average molecular weight is 396 g/mol. The number of ketones is 1. The fraction of sp³-hybridized carbons (Fsp3) is 0. The van der Waals surface area contributed by atoms with E-state index in [1.54, 1.807) is 24.3 Å². The van der Waals surface area contributed by atoms with Gasteiger partial charge in [-0.2, -0.15) is 0 Å². The highest BCUT2D eigenvalue weighted by Gasteiger charge is 2.16. The quantitative estimate of drug-likeness (QED) is 0.409. The summed E-state index contributed by atoms with van der Waals surface area (Å²) in [6, 6.07) is 10.2. The Bertz CT molecular complexity index is 965. The third kappa shape index (κ3) is 4.10. The highest BCUT2D eigenvalue weighted by molar-refractivity contribution is 6.36. The van der Waals surface area contributed by atoms with Crippen molar-refractivity contribution in [2.75, 3.05) is 0 Å². The molecule has 0 fully saturated rings. The molecule has 0 aliphatic heterocycles. The summed E-state index contributed by atoms with van der Waals surface area (Å²) in [5, 5.41) is 1.11. The van der Waals surface area contributed by atoms with Crippen LogP contribution >= 0.6 is 34.8 Å². The van der Waals surface area contributed by atoms with Gasteiger partial charge in [-0.25, -0.2) is 9.37 Å². The summed E-state index contributed by atoms with van der Waals surface area (Å²) in [5.41, 5.74) is 1.18. The van der Waals surface area contributed by atoms with Crippen LogP contribution in [0.15, 0.2) is 55.0 Å². The van der Waals surface area contributed by atoms with Crippen molar-refractivity contribution in [1.82, 2.24) is 9.55 Å². The van der Waals surface area contributed by atoms with Gasteiger partial charge >= 0.3 is 0 Å². The molecule has 0 radical (unpaired) electrons. The highest BCUT2D eigenvalue weighted by Crippen LogP contribution is 2.26. The van der Waals surface area contributed by atoms with Gasteiger partial charge in [-0.15, -0.1) is 0 Å². The number of hydrogen-bond acceptors (Lipinski definition) is 2. The second-order valence-corrected chi connectivity index (χ2v) is 6.37. The van der Waals surface area contributed by atoms with Crippen LogP contribution < -0.4 is 0 Å². The molecule has 0 unspecified atom stereocenters. The van der Waals surface area contributed by atoms with Crippen LogP contribution in [0.25, 0.3) is 11.8 Å². The number of carbonyl (C=O) groups is 1. The molecular formula is C18H10Cl3FN2O. The number of Topliss-reactive ketones (excluding diaryl/α,β-unsaturated/α-hetero) is 1. The molecule has 0 amide bonds. The molecular weight excluding hydrogens is 386 g/mol. The van der Waals surface area contributed by atoms with Crippen molar-refractivity contribution in [2.24, 2.45) is 0 Å². The van der Waals surface area contributed by atoms with Crippen molar-refractivity contribution < 1.29 is 9.18 Å². The highest BCUT2D eigenvalue weighted by atomic mass is 35.5. The van der Waals surface area contributed by atoms with E-state index in [1.165, 1.54) is 41.4 Å². The van der Waals surface area contributed by atoms with Crippen LogP contribution in [0.5, 0.6) is 0 Å². The molecule has 25 heavy (non-hydrogen) atoms. The topological polar surface area (TPSA) is 34.9 Å². The molecule has 0 spiro atoms. The Morgan fingerprint density at radius 2 is 1.80 bits per heavy atom. The van der Waals surface area contributed by atoms with Crippen LogP contribution in [0, 0.1) is 5.82 Å². The lowest BCUT2D eigenvalue weighted by Gasteiger charge is -2.09.